The van der Waals surface area contributed by atoms with Crippen LogP contribution in [0.2, 0.25) is 5.02 Å². The lowest BCUT2D eigenvalue weighted by atomic mass is 10.3. The molecule has 14 heavy (non-hydrogen) atoms. The molecule has 0 saturated carbocycles. The van der Waals surface area contributed by atoms with Crippen molar-refractivity contribution in [1.82, 2.24) is 4.90 Å². The molecule has 1 aromatic carbocycles. The van der Waals surface area contributed by atoms with E-state index in [1.54, 1.807) is 0 Å². The van der Waals surface area contributed by atoms with Crippen LogP contribution in [0.3, 0.4) is 0 Å². The number of hydrogen-bond donors (Lipinski definition) is 0. The molecule has 0 bridgehead atoms. The molecule has 0 aromatic heterocycles. The lowest BCUT2D eigenvalue weighted by Crippen LogP contribution is -2.15. The van der Waals surface area contributed by atoms with Gasteiger partial charge in [-0.15, -0.1) is 0 Å². The molecule has 3 heteroatoms. The number of nitrogens with zero attached hydrogens (tertiary/aromatic N) is 2. The summed E-state index contributed by atoms with van der Waals surface area (Å²) in [4.78, 5) is 6.62. The van der Waals surface area contributed by atoms with Crippen molar-refractivity contribution in [3.05, 3.63) is 29.3 Å². The van der Waals surface area contributed by atoms with Crippen molar-refractivity contribution >= 4 is 23.6 Å². The van der Waals surface area contributed by atoms with Gasteiger partial charge in [0.15, 0.2) is 0 Å². The standard InChI is InChI=1S/C11H13ClN2/c12-10-3-5-11(6-4-10)13-9-14-7-1-2-8-14/h3-6,9H,1-2,7-8H2. The van der Waals surface area contributed by atoms with E-state index >= 15 is 0 Å². The summed E-state index contributed by atoms with van der Waals surface area (Å²) in [6, 6.07) is 7.57. The summed E-state index contributed by atoms with van der Waals surface area (Å²) in [5.74, 6) is 0. The van der Waals surface area contributed by atoms with Crippen LogP contribution in [0, 0.1) is 0 Å². The number of hydrogen-bond acceptors (Lipinski definition) is 1. The van der Waals surface area contributed by atoms with Gasteiger partial charge >= 0.3 is 0 Å². The van der Waals surface area contributed by atoms with E-state index in [0.29, 0.717) is 0 Å². The molecular weight excluding hydrogens is 196 g/mol. The molecule has 1 fully saturated rings. The first-order chi connectivity index (χ1) is 6.84. The van der Waals surface area contributed by atoms with Crippen molar-refractivity contribution in [3.63, 3.8) is 0 Å². The first-order valence-electron chi connectivity index (χ1n) is 4.88. The van der Waals surface area contributed by atoms with Gasteiger partial charge in [0, 0.05) is 18.1 Å². The molecule has 1 saturated heterocycles. The third-order valence-corrected chi connectivity index (χ3v) is 2.59. The van der Waals surface area contributed by atoms with E-state index in [2.05, 4.69) is 9.89 Å². The van der Waals surface area contributed by atoms with Gasteiger partial charge in [-0.1, -0.05) is 11.6 Å². The highest BCUT2D eigenvalue weighted by Gasteiger charge is 2.06. The largest absolute Gasteiger partial charge is 0.363 e. The normalized spacial score (nSPS) is 16.8. The zero-order chi connectivity index (χ0) is 9.80. The SMILES string of the molecule is Clc1ccc(N=CN2CCCC2)cc1. The molecule has 0 radical (unpaired) electrons. The molecule has 0 spiro atoms. The van der Waals surface area contributed by atoms with Gasteiger partial charge in [0.2, 0.25) is 0 Å². The highest BCUT2D eigenvalue weighted by molar-refractivity contribution is 6.30. The van der Waals surface area contributed by atoms with Crippen molar-refractivity contribution in [1.29, 1.82) is 0 Å². The monoisotopic (exact) mass is 208 g/mol. The Balaban J connectivity index is 1.99. The second-order valence-corrected chi connectivity index (χ2v) is 3.90. The van der Waals surface area contributed by atoms with Gasteiger partial charge in [0.25, 0.3) is 0 Å². The summed E-state index contributed by atoms with van der Waals surface area (Å²) < 4.78 is 0. The van der Waals surface area contributed by atoms with E-state index in [9.17, 15) is 0 Å². The maximum Gasteiger partial charge on any atom is 0.0912 e. The second-order valence-electron chi connectivity index (χ2n) is 3.46. The quantitative estimate of drug-likeness (QED) is 0.539. The van der Waals surface area contributed by atoms with E-state index in [1.807, 2.05) is 30.6 Å². The molecule has 0 aliphatic carbocycles. The lowest BCUT2D eigenvalue weighted by molar-refractivity contribution is 0.536. The smallest absolute Gasteiger partial charge is 0.0912 e. The van der Waals surface area contributed by atoms with Crippen molar-refractivity contribution in [2.45, 2.75) is 12.8 Å². The molecule has 74 valence electrons. The molecule has 1 aromatic rings. The Morgan fingerprint density at radius 3 is 2.43 bits per heavy atom. The van der Waals surface area contributed by atoms with E-state index in [-0.39, 0.29) is 0 Å². The van der Waals surface area contributed by atoms with Crippen LogP contribution in [0.4, 0.5) is 5.69 Å². The summed E-state index contributed by atoms with van der Waals surface area (Å²) >= 11 is 5.78. The van der Waals surface area contributed by atoms with Crippen molar-refractivity contribution in [2.75, 3.05) is 13.1 Å². The topological polar surface area (TPSA) is 15.6 Å². The minimum absolute atomic E-state index is 0.755. The number of halogens is 1. The Bertz CT molecular complexity index is 313. The van der Waals surface area contributed by atoms with Crippen LogP contribution in [0.15, 0.2) is 29.3 Å². The molecule has 0 amide bonds. The van der Waals surface area contributed by atoms with Crippen LogP contribution in [0.1, 0.15) is 12.8 Å². The highest BCUT2D eigenvalue weighted by atomic mass is 35.5. The Morgan fingerprint density at radius 2 is 1.79 bits per heavy atom. The van der Waals surface area contributed by atoms with Gasteiger partial charge < -0.3 is 4.90 Å². The molecule has 2 nitrogen and oxygen atoms in total. The second kappa shape index (κ2) is 4.47. The average molecular weight is 209 g/mol. The molecule has 1 heterocycles. The number of likely N-dealkylation sites (tertiary alicyclic amines) is 1. The molecule has 0 atom stereocenters. The summed E-state index contributed by atoms with van der Waals surface area (Å²) in [7, 11) is 0. The van der Waals surface area contributed by atoms with Crippen molar-refractivity contribution in [3.8, 4) is 0 Å². The Hall–Kier alpha value is -1.02. The minimum Gasteiger partial charge on any atom is -0.363 e. The van der Waals surface area contributed by atoms with Gasteiger partial charge in [-0.3, -0.25) is 0 Å². The van der Waals surface area contributed by atoms with Crippen LogP contribution in [0.25, 0.3) is 0 Å². The highest BCUT2D eigenvalue weighted by Crippen LogP contribution is 2.16. The Morgan fingerprint density at radius 1 is 1.14 bits per heavy atom. The first-order valence-corrected chi connectivity index (χ1v) is 5.26. The summed E-state index contributed by atoms with van der Waals surface area (Å²) in [5.41, 5.74) is 0.960. The summed E-state index contributed by atoms with van der Waals surface area (Å²) in [6.45, 7) is 2.27. The number of aliphatic imine (C=N–C) groups is 1. The Kier molecular flexibility index (Phi) is 3.04. The molecule has 0 unspecified atom stereocenters. The van der Waals surface area contributed by atoms with Crippen LogP contribution < -0.4 is 0 Å². The van der Waals surface area contributed by atoms with E-state index < -0.39 is 0 Å². The fraction of sp³-hybridized carbons (Fsp3) is 0.364. The fourth-order valence-corrected chi connectivity index (χ4v) is 1.66. The van der Waals surface area contributed by atoms with Crippen LogP contribution >= 0.6 is 11.6 Å². The van der Waals surface area contributed by atoms with Gasteiger partial charge in [0.05, 0.1) is 12.0 Å². The van der Waals surface area contributed by atoms with Crippen molar-refractivity contribution in [2.24, 2.45) is 4.99 Å². The third-order valence-electron chi connectivity index (χ3n) is 2.34. The van der Waals surface area contributed by atoms with Gasteiger partial charge in [0.1, 0.15) is 0 Å². The summed E-state index contributed by atoms with van der Waals surface area (Å²) in [6.07, 6.45) is 4.50. The van der Waals surface area contributed by atoms with Crippen molar-refractivity contribution < 1.29 is 0 Å². The first kappa shape index (κ1) is 9.53. The van der Waals surface area contributed by atoms with Gasteiger partial charge in [-0.05, 0) is 37.1 Å². The maximum absolute atomic E-state index is 5.78. The molecule has 1 aliphatic rings. The zero-order valence-electron chi connectivity index (χ0n) is 7.99. The van der Waals surface area contributed by atoms with E-state index in [4.69, 9.17) is 11.6 Å². The zero-order valence-corrected chi connectivity index (χ0v) is 8.74. The van der Waals surface area contributed by atoms with Gasteiger partial charge in [-0.25, -0.2) is 4.99 Å². The van der Waals surface area contributed by atoms with Crippen LogP contribution in [-0.2, 0) is 0 Å². The van der Waals surface area contributed by atoms with Gasteiger partial charge in [-0.2, -0.15) is 0 Å². The van der Waals surface area contributed by atoms with Crippen LogP contribution in [-0.4, -0.2) is 24.3 Å². The Labute approximate surface area is 89.2 Å². The molecule has 2 rings (SSSR count). The lowest BCUT2D eigenvalue weighted by Gasteiger charge is -2.08. The molecular formula is C11H13ClN2. The molecule has 0 N–H and O–H groups in total. The number of rotatable bonds is 2. The maximum atomic E-state index is 5.78. The predicted octanol–water partition coefficient (Wildman–Crippen LogP) is 3.10. The van der Waals surface area contributed by atoms with Crippen LogP contribution in [0.5, 0.6) is 0 Å². The summed E-state index contributed by atoms with van der Waals surface area (Å²) in [5, 5.41) is 0.755. The predicted molar refractivity (Wildman–Crippen MR) is 60.4 cm³/mol. The number of benzene rings is 1. The van der Waals surface area contributed by atoms with E-state index in [1.165, 1.54) is 12.8 Å². The fourth-order valence-electron chi connectivity index (χ4n) is 1.53. The molecule has 1 aliphatic heterocycles. The average Bonchev–Trinajstić information content (AvgIpc) is 2.70. The minimum atomic E-state index is 0.755. The van der Waals surface area contributed by atoms with E-state index in [0.717, 1.165) is 23.8 Å². The third kappa shape index (κ3) is 2.48.